The number of ether oxygens (including phenoxy) is 5. The highest BCUT2D eigenvalue weighted by atomic mass is 16.7. The fraction of sp³-hybridized carbons (Fsp3) is 0.840. The predicted octanol–water partition coefficient (Wildman–Crippen LogP) is 3.34. The van der Waals surface area contributed by atoms with Crippen LogP contribution in [0.1, 0.15) is 51.9 Å². The molecule has 0 aromatic carbocycles. The number of hydrogen-bond donors (Lipinski definition) is 1. The lowest BCUT2D eigenvalue weighted by molar-refractivity contribution is -0.329. The summed E-state index contributed by atoms with van der Waals surface area (Å²) < 4.78 is 30.8. The summed E-state index contributed by atoms with van der Waals surface area (Å²) in [5.74, 6) is 1.11. The molecule has 6 nitrogen and oxygen atoms in total. The summed E-state index contributed by atoms with van der Waals surface area (Å²) in [6, 6.07) is 0. The van der Waals surface area contributed by atoms with Gasteiger partial charge in [-0.05, 0) is 66.4 Å². The Labute approximate surface area is 184 Å². The van der Waals surface area contributed by atoms with Crippen LogP contribution in [0, 0.1) is 23.2 Å². The highest BCUT2D eigenvalue weighted by Gasteiger charge is 2.57. The van der Waals surface area contributed by atoms with Crippen LogP contribution in [0.4, 0.5) is 0 Å². The zero-order valence-electron chi connectivity index (χ0n) is 18.6. The molecule has 5 bridgehead atoms. The van der Waals surface area contributed by atoms with Crippen LogP contribution in [-0.2, 0) is 23.7 Å². The molecule has 0 amide bonds. The van der Waals surface area contributed by atoms with Crippen molar-refractivity contribution in [2.24, 2.45) is 23.2 Å². The molecular formula is C25H36O6. The Bertz CT molecular complexity index is 776. The Morgan fingerprint density at radius 3 is 2.71 bits per heavy atom. The van der Waals surface area contributed by atoms with Crippen molar-refractivity contribution in [2.45, 2.75) is 69.9 Å². The lowest BCUT2D eigenvalue weighted by Crippen LogP contribution is -2.56. The van der Waals surface area contributed by atoms with Gasteiger partial charge in [-0.3, -0.25) is 0 Å². The molecule has 6 heteroatoms. The van der Waals surface area contributed by atoms with Crippen molar-refractivity contribution in [2.75, 3.05) is 39.8 Å². The molecule has 7 aliphatic rings. The molecule has 7 rings (SSSR count). The fourth-order valence-electron chi connectivity index (χ4n) is 7.95. The molecule has 0 aromatic heterocycles. The predicted molar refractivity (Wildman–Crippen MR) is 113 cm³/mol. The Balaban J connectivity index is 1.41. The van der Waals surface area contributed by atoms with E-state index in [-0.39, 0.29) is 24.4 Å². The van der Waals surface area contributed by atoms with Crippen molar-refractivity contribution in [3.05, 3.63) is 22.8 Å². The molecule has 1 saturated heterocycles. The van der Waals surface area contributed by atoms with Crippen LogP contribution >= 0.6 is 0 Å². The van der Waals surface area contributed by atoms with E-state index in [1.54, 1.807) is 11.1 Å². The zero-order valence-corrected chi connectivity index (χ0v) is 18.6. The number of rotatable bonds is 3. The van der Waals surface area contributed by atoms with Gasteiger partial charge in [-0.15, -0.1) is 0 Å². The van der Waals surface area contributed by atoms with Crippen LogP contribution in [-0.4, -0.2) is 62.9 Å². The van der Waals surface area contributed by atoms with Crippen LogP contribution < -0.4 is 0 Å². The standard InChI is InChI=1S/C25H36O6/c1-24-7-6-17-18-3-2-16-13-25(23(12-19(16)17)29-9-11-31-25)30-10-8-28-22(14-27-15-26)21(24)5-4-20(18)24/h6,18,20-23,26H,2-5,7-15H2,1H3/t18-,20-,21-,22?,23?,24+,25?/m1/s1. The van der Waals surface area contributed by atoms with Crippen LogP contribution in [0.5, 0.6) is 0 Å². The second kappa shape index (κ2) is 7.93. The van der Waals surface area contributed by atoms with Crippen molar-refractivity contribution in [3.8, 4) is 0 Å². The third-order valence-corrected chi connectivity index (χ3v) is 9.33. The molecule has 0 aromatic rings. The molecule has 1 spiro atoms. The van der Waals surface area contributed by atoms with Crippen LogP contribution in [0.15, 0.2) is 22.8 Å². The smallest absolute Gasteiger partial charge is 0.199 e. The molecule has 1 saturated carbocycles. The third-order valence-electron chi connectivity index (χ3n) is 9.33. The van der Waals surface area contributed by atoms with Gasteiger partial charge in [0.1, 0.15) is 12.9 Å². The highest BCUT2D eigenvalue weighted by molar-refractivity contribution is 5.45. The maximum absolute atomic E-state index is 9.28. The largest absolute Gasteiger partial charge is 0.373 e. The topological polar surface area (TPSA) is 66.4 Å². The molecule has 2 fully saturated rings. The van der Waals surface area contributed by atoms with Gasteiger partial charge in [0, 0.05) is 12.8 Å². The molecule has 172 valence electrons. The molecule has 31 heavy (non-hydrogen) atoms. The van der Waals surface area contributed by atoms with Gasteiger partial charge < -0.3 is 28.8 Å². The molecule has 3 aliphatic heterocycles. The summed E-state index contributed by atoms with van der Waals surface area (Å²) in [7, 11) is 0. The quantitative estimate of drug-likeness (QED) is 0.690. The van der Waals surface area contributed by atoms with E-state index in [9.17, 15) is 5.11 Å². The minimum Gasteiger partial charge on any atom is -0.373 e. The number of allylic oxidation sites excluding steroid dienone is 2. The highest BCUT2D eigenvalue weighted by Crippen LogP contribution is 2.62. The summed E-state index contributed by atoms with van der Waals surface area (Å²) in [6.45, 7) is 4.87. The lowest BCUT2D eigenvalue weighted by Gasteiger charge is -2.53. The van der Waals surface area contributed by atoms with Gasteiger partial charge in [0.25, 0.3) is 0 Å². The van der Waals surface area contributed by atoms with E-state index < -0.39 is 5.79 Å². The van der Waals surface area contributed by atoms with Crippen molar-refractivity contribution in [3.63, 3.8) is 0 Å². The van der Waals surface area contributed by atoms with Gasteiger partial charge in [0.2, 0.25) is 0 Å². The third kappa shape index (κ3) is 3.21. The minimum atomic E-state index is -0.669. The Morgan fingerprint density at radius 1 is 1.06 bits per heavy atom. The molecule has 3 heterocycles. The average Bonchev–Trinajstić information content (AvgIpc) is 3.13. The minimum absolute atomic E-state index is 0.0176. The second-order valence-corrected chi connectivity index (χ2v) is 10.5. The number of aliphatic hydroxyl groups is 1. The first-order valence-corrected chi connectivity index (χ1v) is 12.3. The van der Waals surface area contributed by atoms with E-state index in [0.29, 0.717) is 50.8 Å². The van der Waals surface area contributed by atoms with E-state index in [4.69, 9.17) is 23.7 Å². The summed E-state index contributed by atoms with van der Waals surface area (Å²) >= 11 is 0. The van der Waals surface area contributed by atoms with Gasteiger partial charge in [-0.25, -0.2) is 0 Å². The maximum Gasteiger partial charge on any atom is 0.199 e. The fourth-order valence-corrected chi connectivity index (χ4v) is 7.95. The SMILES string of the molecule is C[C@]12CC=C3C4=C5CC[C@H]3[C@H]1CC[C@@H]2C(COCO)OCCOC1(C5)OCCOC1C4. The molecule has 3 unspecified atom stereocenters. The van der Waals surface area contributed by atoms with Crippen molar-refractivity contribution in [1.29, 1.82) is 0 Å². The van der Waals surface area contributed by atoms with Crippen molar-refractivity contribution in [1.82, 2.24) is 0 Å². The van der Waals surface area contributed by atoms with Gasteiger partial charge in [0.05, 0.1) is 39.1 Å². The summed E-state index contributed by atoms with van der Waals surface area (Å²) in [5.41, 5.74) is 4.93. The Hall–Kier alpha value is -0.760. The maximum atomic E-state index is 9.28. The Morgan fingerprint density at radius 2 is 1.87 bits per heavy atom. The van der Waals surface area contributed by atoms with Gasteiger partial charge in [-0.2, -0.15) is 0 Å². The first kappa shape index (κ1) is 20.8. The first-order chi connectivity index (χ1) is 15.1. The van der Waals surface area contributed by atoms with Crippen molar-refractivity contribution >= 4 is 0 Å². The number of hydrogen-bond acceptors (Lipinski definition) is 6. The van der Waals surface area contributed by atoms with Crippen LogP contribution in [0.25, 0.3) is 0 Å². The zero-order chi connectivity index (χ0) is 21.1. The summed E-state index contributed by atoms with van der Waals surface area (Å²) in [5, 5.41) is 9.28. The molecule has 4 aliphatic carbocycles. The molecule has 0 radical (unpaired) electrons. The van der Waals surface area contributed by atoms with Crippen LogP contribution in [0.3, 0.4) is 0 Å². The summed E-state index contributed by atoms with van der Waals surface area (Å²) in [4.78, 5) is 0. The summed E-state index contributed by atoms with van der Waals surface area (Å²) in [6.07, 6.45) is 10.2. The lowest BCUT2D eigenvalue weighted by atomic mass is 9.56. The Kier molecular flexibility index (Phi) is 5.32. The molecule has 7 atom stereocenters. The van der Waals surface area contributed by atoms with Crippen molar-refractivity contribution < 1.29 is 28.8 Å². The van der Waals surface area contributed by atoms with E-state index in [1.807, 2.05) is 0 Å². The van der Waals surface area contributed by atoms with E-state index in [2.05, 4.69) is 13.0 Å². The normalized spacial score (nSPS) is 46.8. The molecular weight excluding hydrogens is 396 g/mol. The van der Waals surface area contributed by atoms with E-state index in [1.165, 1.54) is 24.8 Å². The molecule has 1 N–H and O–H groups in total. The van der Waals surface area contributed by atoms with Gasteiger partial charge in [-0.1, -0.05) is 18.6 Å². The van der Waals surface area contributed by atoms with Crippen LogP contribution in [0.2, 0.25) is 0 Å². The van der Waals surface area contributed by atoms with Gasteiger partial charge in [0.15, 0.2) is 5.79 Å². The van der Waals surface area contributed by atoms with E-state index >= 15 is 0 Å². The number of fused-ring (bicyclic) bond motifs is 5. The number of aliphatic hydroxyl groups excluding tert-OH is 1. The monoisotopic (exact) mass is 432 g/mol. The van der Waals surface area contributed by atoms with Gasteiger partial charge >= 0.3 is 0 Å². The first-order valence-electron chi connectivity index (χ1n) is 12.3. The second-order valence-electron chi connectivity index (χ2n) is 10.5. The average molecular weight is 433 g/mol. The van der Waals surface area contributed by atoms with E-state index in [0.717, 1.165) is 25.7 Å².